The maximum Gasteiger partial charge on any atom is 0.251 e. The minimum Gasteiger partial charge on any atom is -0.350 e. The Kier molecular flexibility index (Phi) is 7.70. The maximum atomic E-state index is 12.3. The summed E-state index contributed by atoms with van der Waals surface area (Å²) in [4.78, 5) is 24.4. The lowest BCUT2D eigenvalue weighted by Gasteiger charge is -2.21. The zero-order chi connectivity index (χ0) is 16.9. The van der Waals surface area contributed by atoms with Gasteiger partial charge in [0.05, 0.1) is 0 Å². The number of nitrogens with two attached hydrogens (primary N) is 1. The first kappa shape index (κ1) is 20.5. The van der Waals surface area contributed by atoms with E-state index < -0.39 is 5.54 Å². The molecule has 5 nitrogen and oxygen atoms in total. The topological polar surface area (TPSA) is 84.2 Å². The molecule has 1 aliphatic rings. The summed E-state index contributed by atoms with van der Waals surface area (Å²) in [6, 6.07) is 7.03. The number of carbonyl (C=O) groups excluding carboxylic acids is 2. The summed E-state index contributed by atoms with van der Waals surface area (Å²) in [6.07, 6.45) is 5.37. The van der Waals surface area contributed by atoms with Crippen LogP contribution in [0.3, 0.4) is 0 Å². The van der Waals surface area contributed by atoms with E-state index in [2.05, 4.69) is 10.6 Å². The van der Waals surface area contributed by atoms with E-state index >= 15 is 0 Å². The minimum atomic E-state index is -0.456. The Labute approximate surface area is 150 Å². The van der Waals surface area contributed by atoms with E-state index in [9.17, 15) is 9.59 Å². The molecule has 0 aromatic heterocycles. The van der Waals surface area contributed by atoms with Crippen molar-refractivity contribution in [2.24, 2.45) is 11.7 Å². The Balaban J connectivity index is 0.00000288. The summed E-state index contributed by atoms with van der Waals surface area (Å²) in [7, 11) is 0. The normalized spacial score (nSPS) is 15.3. The number of amides is 2. The van der Waals surface area contributed by atoms with Gasteiger partial charge in [-0.3, -0.25) is 9.59 Å². The summed E-state index contributed by atoms with van der Waals surface area (Å²) < 4.78 is 0. The average Bonchev–Trinajstić information content (AvgIpc) is 2.53. The number of nitrogens with one attached hydrogen (secondary N) is 2. The second-order valence-electron chi connectivity index (χ2n) is 7.08. The quantitative estimate of drug-likeness (QED) is 0.760. The Morgan fingerprint density at radius 2 is 1.88 bits per heavy atom. The third-order valence-corrected chi connectivity index (χ3v) is 4.07. The van der Waals surface area contributed by atoms with Crippen molar-refractivity contribution in [2.75, 3.05) is 11.9 Å². The molecule has 134 valence electrons. The molecule has 1 saturated carbocycles. The lowest BCUT2D eigenvalue weighted by molar-refractivity contribution is -0.120. The van der Waals surface area contributed by atoms with Crippen LogP contribution in [0.1, 0.15) is 56.3 Å². The highest BCUT2D eigenvalue weighted by Gasteiger charge is 2.21. The number of anilines is 1. The molecule has 0 spiro atoms. The van der Waals surface area contributed by atoms with Crippen LogP contribution in [0.4, 0.5) is 5.69 Å². The van der Waals surface area contributed by atoms with Gasteiger partial charge in [-0.25, -0.2) is 0 Å². The van der Waals surface area contributed by atoms with Gasteiger partial charge in [0, 0.05) is 29.3 Å². The Morgan fingerprint density at radius 1 is 1.21 bits per heavy atom. The number of rotatable bonds is 5. The molecule has 0 bridgehead atoms. The average molecular weight is 354 g/mol. The molecule has 24 heavy (non-hydrogen) atoms. The summed E-state index contributed by atoms with van der Waals surface area (Å²) in [6.45, 7) is 4.10. The Bertz CT molecular complexity index is 564. The molecule has 1 fully saturated rings. The van der Waals surface area contributed by atoms with E-state index in [-0.39, 0.29) is 30.1 Å². The van der Waals surface area contributed by atoms with E-state index in [1.165, 1.54) is 6.42 Å². The molecule has 0 unspecified atom stereocenters. The second-order valence-corrected chi connectivity index (χ2v) is 7.08. The van der Waals surface area contributed by atoms with Crippen molar-refractivity contribution in [3.05, 3.63) is 29.8 Å². The van der Waals surface area contributed by atoms with Gasteiger partial charge in [-0.15, -0.1) is 12.4 Å². The smallest absolute Gasteiger partial charge is 0.251 e. The van der Waals surface area contributed by atoms with E-state index in [1.54, 1.807) is 18.2 Å². The van der Waals surface area contributed by atoms with Gasteiger partial charge in [-0.1, -0.05) is 25.3 Å². The van der Waals surface area contributed by atoms with Crippen LogP contribution in [0.2, 0.25) is 0 Å². The Hall–Kier alpha value is -1.59. The molecular weight excluding hydrogens is 326 g/mol. The number of hydrogen-bond donors (Lipinski definition) is 3. The van der Waals surface area contributed by atoms with Gasteiger partial charge in [0.15, 0.2) is 0 Å². The van der Waals surface area contributed by atoms with Gasteiger partial charge in [0.2, 0.25) is 5.91 Å². The van der Waals surface area contributed by atoms with Crippen molar-refractivity contribution >= 4 is 29.9 Å². The van der Waals surface area contributed by atoms with E-state index in [0.717, 1.165) is 25.7 Å². The maximum absolute atomic E-state index is 12.3. The minimum absolute atomic E-state index is 0. The number of benzene rings is 1. The fourth-order valence-corrected chi connectivity index (χ4v) is 2.76. The number of carbonyl (C=O) groups is 2. The molecule has 0 saturated heterocycles. The summed E-state index contributed by atoms with van der Waals surface area (Å²) in [5.74, 6) is -0.0260. The number of hydrogen-bond acceptors (Lipinski definition) is 3. The van der Waals surface area contributed by atoms with Crippen molar-refractivity contribution in [1.82, 2.24) is 5.32 Å². The summed E-state index contributed by atoms with van der Waals surface area (Å²) in [5, 5.41) is 5.74. The van der Waals surface area contributed by atoms with Crippen LogP contribution in [-0.4, -0.2) is 23.9 Å². The third kappa shape index (κ3) is 6.49. The first-order valence-electron chi connectivity index (χ1n) is 8.33. The zero-order valence-corrected chi connectivity index (χ0v) is 15.2. The lowest BCUT2D eigenvalue weighted by atomic mass is 9.88. The fourth-order valence-electron chi connectivity index (χ4n) is 2.76. The molecular formula is C18H28ClN3O2. The van der Waals surface area contributed by atoms with Gasteiger partial charge in [0.25, 0.3) is 5.91 Å². The summed E-state index contributed by atoms with van der Waals surface area (Å²) in [5.41, 5.74) is 6.60. The fraction of sp³-hybridized carbons (Fsp3) is 0.556. The summed E-state index contributed by atoms with van der Waals surface area (Å²) >= 11 is 0. The molecule has 0 radical (unpaired) electrons. The molecule has 0 heterocycles. The van der Waals surface area contributed by atoms with Gasteiger partial charge in [-0.2, -0.15) is 0 Å². The van der Waals surface area contributed by atoms with Crippen molar-refractivity contribution in [3.63, 3.8) is 0 Å². The number of halogens is 1. The van der Waals surface area contributed by atoms with Gasteiger partial charge in [-0.05, 0) is 44.9 Å². The highest BCUT2D eigenvalue weighted by molar-refractivity contribution is 5.97. The van der Waals surface area contributed by atoms with Crippen molar-refractivity contribution in [2.45, 2.75) is 51.5 Å². The molecule has 0 atom stereocenters. The SMILES string of the molecule is CC(C)(N)CNC(=O)c1cccc(NC(=O)C2CCCCC2)c1.Cl. The highest BCUT2D eigenvalue weighted by atomic mass is 35.5. The molecule has 0 aliphatic heterocycles. The molecule has 1 aromatic carbocycles. The van der Waals surface area contributed by atoms with Crippen LogP contribution in [-0.2, 0) is 4.79 Å². The first-order valence-corrected chi connectivity index (χ1v) is 8.33. The predicted octanol–water partition coefficient (Wildman–Crippen LogP) is 3.09. The van der Waals surface area contributed by atoms with Crippen molar-refractivity contribution in [1.29, 1.82) is 0 Å². The highest BCUT2D eigenvalue weighted by Crippen LogP contribution is 2.25. The van der Waals surface area contributed by atoms with Gasteiger partial charge in [0.1, 0.15) is 0 Å². The predicted molar refractivity (Wildman–Crippen MR) is 99.5 cm³/mol. The molecule has 4 N–H and O–H groups in total. The Morgan fingerprint density at radius 3 is 2.50 bits per heavy atom. The monoisotopic (exact) mass is 353 g/mol. The van der Waals surface area contributed by atoms with E-state index in [1.807, 2.05) is 19.9 Å². The molecule has 1 aliphatic carbocycles. The van der Waals surface area contributed by atoms with Crippen LogP contribution >= 0.6 is 12.4 Å². The zero-order valence-electron chi connectivity index (χ0n) is 14.4. The van der Waals surface area contributed by atoms with Crippen molar-refractivity contribution < 1.29 is 9.59 Å². The molecule has 1 aromatic rings. The van der Waals surface area contributed by atoms with Crippen LogP contribution in [0.5, 0.6) is 0 Å². The molecule has 2 amide bonds. The van der Waals surface area contributed by atoms with Gasteiger partial charge < -0.3 is 16.4 Å². The molecule has 2 rings (SSSR count). The van der Waals surface area contributed by atoms with E-state index in [4.69, 9.17) is 5.73 Å². The first-order chi connectivity index (χ1) is 10.8. The third-order valence-electron chi connectivity index (χ3n) is 4.07. The van der Waals surface area contributed by atoms with Crippen LogP contribution in [0, 0.1) is 5.92 Å². The van der Waals surface area contributed by atoms with Crippen molar-refractivity contribution in [3.8, 4) is 0 Å². The van der Waals surface area contributed by atoms with Gasteiger partial charge >= 0.3 is 0 Å². The van der Waals surface area contributed by atoms with Crippen LogP contribution in [0.25, 0.3) is 0 Å². The van der Waals surface area contributed by atoms with E-state index in [0.29, 0.717) is 17.8 Å². The standard InChI is InChI=1S/C18H27N3O2.ClH/c1-18(2,19)12-20-16(22)14-9-6-10-15(11-14)21-17(23)13-7-4-3-5-8-13;/h6,9-11,13H,3-5,7-8,12,19H2,1-2H3,(H,20,22)(H,21,23);1H. The second kappa shape index (κ2) is 9.04. The van der Waals surface area contributed by atoms with Crippen LogP contribution in [0.15, 0.2) is 24.3 Å². The lowest BCUT2D eigenvalue weighted by Crippen LogP contribution is -2.45. The molecule has 6 heteroatoms. The largest absolute Gasteiger partial charge is 0.350 e. The van der Waals surface area contributed by atoms with Crippen LogP contribution < -0.4 is 16.4 Å².